The highest BCUT2D eigenvalue weighted by molar-refractivity contribution is 5.33. The second kappa shape index (κ2) is 4.65. The Hall–Kier alpha value is -1.05. The van der Waals surface area contributed by atoms with E-state index in [-0.39, 0.29) is 11.6 Å². The summed E-state index contributed by atoms with van der Waals surface area (Å²) in [4.78, 5) is 0. The molecule has 0 atom stereocenters. The van der Waals surface area contributed by atoms with Crippen molar-refractivity contribution in [3.63, 3.8) is 0 Å². The number of phenols is 1. The smallest absolute Gasteiger partial charge is 0.130 e. The van der Waals surface area contributed by atoms with Crippen molar-refractivity contribution in [1.29, 1.82) is 0 Å². The van der Waals surface area contributed by atoms with Crippen molar-refractivity contribution < 1.29 is 9.50 Å². The van der Waals surface area contributed by atoms with Crippen LogP contribution in [0.1, 0.15) is 37.7 Å². The fourth-order valence-corrected chi connectivity index (χ4v) is 2.43. The van der Waals surface area contributed by atoms with Crippen molar-refractivity contribution in [3.8, 4) is 5.75 Å². The predicted octanol–water partition coefficient (Wildman–Crippen LogP) is 3.65. The first-order valence-electron chi connectivity index (χ1n) is 5.73. The molecule has 0 unspecified atom stereocenters. The molecular formula is C13H17FO. The molecule has 1 fully saturated rings. The highest BCUT2D eigenvalue weighted by Crippen LogP contribution is 2.30. The Balaban J connectivity index is 2.09. The molecule has 0 aromatic heterocycles. The van der Waals surface area contributed by atoms with E-state index in [1.807, 2.05) is 0 Å². The van der Waals surface area contributed by atoms with Crippen molar-refractivity contribution in [2.45, 2.75) is 38.5 Å². The first-order chi connectivity index (χ1) is 7.27. The molecule has 2 rings (SSSR count). The van der Waals surface area contributed by atoms with E-state index < -0.39 is 0 Å². The fraction of sp³-hybridized carbons (Fsp3) is 0.538. The van der Waals surface area contributed by atoms with E-state index in [1.165, 1.54) is 38.2 Å². The molecule has 0 spiro atoms. The molecule has 15 heavy (non-hydrogen) atoms. The van der Waals surface area contributed by atoms with Crippen LogP contribution in [0.4, 0.5) is 4.39 Å². The van der Waals surface area contributed by atoms with Gasteiger partial charge in [0.1, 0.15) is 11.6 Å². The molecular weight excluding hydrogens is 191 g/mol. The number of halogens is 1. The topological polar surface area (TPSA) is 20.2 Å². The zero-order chi connectivity index (χ0) is 10.7. The van der Waals surface area contributed by atoms with Crippen LogP contribution >= 0.6 is 0 Å². The molecule has 0 radical (unpaired) electrons. The van der Waals surface area contributed by atoms with Gasteiger partial charge in [-0.2, -0.15) is 0 Å². The molecule has 2 heteroatoms. The summed E-state index contributed by atoms with van der Waals surface area (Å²) in [5.74, 6) is 0.405. The lowest BCUT2D eigenvalue weighted by molar-refractivity contribution is 0.346. The minimum atomic E-state index is -0.263. The molecule has 0 heterocycles. The van der Waals surface area contributed by atoms with Crippen LogP contribution in [0.15, 0.2) is 18.2 Å². The number of rotatable bonds is 2. The summed E-state index contributed by atoms with van der Waals surface area (Å²) in [6, 6.07) is 4.55. The molecule has 1 saturated carbocycles. The molecule has 1 aromatic rings. The maximum Gasteiger partial charge on any atom is 0.130 e. The minimum absolute atomic E-state index is 0.112. The van der Waals surface area contributed by atoms with Crippen molar-refractivity contribution in [3.05, 3.63) is 29.6 Å². The van der Waals surface area contributed by atoms with Gasteiger partial charge in [0.2, 0.25) is 0 Å². The first-order valence-corrected chi connectivity index (χ1v) is 5.73. The van der Waals surface area contributed by atoms with Gasteiger partial charge < -0.3 is 5.11 Å². The van der Waals surface area contributed by atoms with Gasteiger partial charge in [0, 0.05) is 5.56 Å². The second-order valence-corrected chi connectivity index (χ2v) is 4.45. The summed E-state index contributed by atoms with van der Waals surface area (Å²) in [5, 5.41) is 9.58. The maximum absolute atomic E-state index is 13.4. The third kappa shape index (κ3) is 2.49. The molecule has 1 N–H and O–H groups in total. The average Bonchev–Trinajstić information content (AvgIpc) is 2.25. The quantitative estimate of drug-likeness (QED) is 0.786. The molecule has 1 aliphatic rings. The minimum Gasteiger partial charge on any atom is -0.508 e. The Labute approximate surface area is 89.9 Å². The van der Waals surface area contributed by atoms with Crippen LogP contribution in [0.3, 0.4) is 0 Å². The standard InChI is InChI=1S/C13H17FO/c14-12-7-4-8-13(15)11(12)9-10-5-2-1-3-6-10/h4,7-8,10,15H,1-3,5-6,9H2. The van der Waals surface area contributed by atoms with E-state index in [0.29, 0.717) is 17.9 Å². The zero-order valence-electron chi connectivity index (χ0n) is 8.88. The van der Waals surface area contributed by atoms with E-state index in [2.05, 4.69) is 0 Å². The van der Waals surface area contributed by atoms with Crippen molar-refractivity contribution in [2.24, 2.45) is 5.92 Å². The van der Waals surface area contributed by atoms with Crippen molar-refractivity contribution in [2.75, 3.05) is 0 Å². The Morgan fingerprint density at radius 3 is 2.60 bits per heavy atom. The Bertz CT molecular complexity index is 309. The number of benzene rings is 1. The molecule has 1 aliphatic carbocycles. The lowest BCUT2D eigenvalue weighted by atomic mass is 9.84. The van der Waals surface area contributed by atoms with Gasteiger partial charge >= 0.3 is 0 Å². The van der Waals surface area contributed by atoms with Gasteiger partial charge in [-0.25, -0.2) is 4.39 Å². The molecule has 1 nitrogen and oxygen atoms in total. The number of aromatic hydroxyl groups is 1. The third-order valence-corrected chi connectivity index (χ3v) is 3.31. The van der Waals surface area contributed by atoms with Crippen LogP contribution in [0.25, 0.3) is 0 Å². The van der Waals surface area contributed by atoms with E-state index in [0.717, 1.165) is 0 Å². The van der Waals surface area contributed by atoms with Crippen LogP contribution in [-0.2, 0) is 6.42 Å². The van der Waals surface area contributed by atoms with Gasteiger partial charge in [0.25, 0.3) is 0 Å². The highest BCUT2D eigenvalue weighted by Gasteiger charge is 2.17. The van der Waals surface area contributed by atoms with Crippen LogP contribution in [-0.4, -0.2) is 5.11 Å². The summed E-state index contributed by atoms with van der Waals surface area (Å²) < 4.78 is 13.4. The Kier molecular flexibility index (Phi) is 3.24. The SMILES string of the molecule is Oc1cccc(F)c1CC1CCCCC1. The van der Waals surface area contributed by atoms with Crippen molar-refractivity contribution in [1.82, 2.24) is 0 Å². The summed E-state index contributed by atoms with van der Waals surface area (Å²) in [6.07, 6.45) is 6.85. The Morgan fingerprint density at radius 1 is 1.20 bits per heavy atom. The fourth-order valence-electron chi connectivity index (χ4n) is 2.43. The monoisotopic (exact) mass is 208 g/mol. The van der Waals surface area contributed by atoms with Crippen LogP contribution in [0.2, 0.25) is 0 Å². The predicted molar refractivity (Wildman–Crippen MR) is 58.3 cm³/mol. The zero-order valence-corrected chi connectivity index (χ0v) is 8.88. The van der Waals surface area contributed by atoms with Gasteiger partial charge in [0.15, 0.2) is 0 Å². The summed E-state index contributed by atoms with van der Waals surface area (Å²) in [5.41, 5.74) is 0.504. The maximum atomic E-state index is 13.4. The average molecular weight is 208 g/mol. The summed E-state index contributed by atoms with van der Waals surface area (Å²) in [7, 11) is 0. The molecule has 0 aliphatic heterocycles. The third-order valence-electron chi connectivity index (χ3n) is 3.31. The lowest BCUT2D eigenvalue weighted by Gasteiger charge is -2.21. The van der Waals surface area contributed by atoms with Crippen molar-refractivity contribution >= 4 is 0 Å². The lowest BCUT2D eigenvalue weighted by Crippen LogP contribution is -2.10. The number of hydrogen-bond acceptors (Lipinski definition) is 1. The van der Waals surface area contributed by atoms with Crippen LogP contribution in [0.5, 0.6) is 5.75 Å². The van der Waals surface area contributed by atoms with Crippen LogP contribution in [0, 0.1) is 11.7 Å². The summed E-state index contributed by atoms with van der Waals surface area (Å²) >= 11 is 0. The van der Waals surface area contributed by atoms with E-state index in [1.54, 1.807) is 12.1 Å². The molecule has 82 valence electrons. The first kappa shape index (κ1) is 10.5. The van der Waals surface area contributed by atoms with E-state index in [4.69, 9.17) is 0 Å². The molecule has 1 aromatic carbocycles. The number of phenolic OH excluding ortho intramolecular Hbond substituents is 1. The molecule has 0 amide bonds. The van der Waals surface area contributed by atoms with E-state index >= 15 is 0 Å². The van der Waals surface area contributed by atoms with Crippen LogP contribution < -0.4 is 0 Å². The molecule has 0 saturated heterocycles. The van der Waals surface area contributed by atoms with Gasteiger partial charge in [-0.05, 0) is 24.5 Å². The van der Waals surface area contributed by atoms with Gasteiger partial charge in [-0.15, -0.1) is 0 Å². The van der Waals surface area contributed by atoms with E-state index in [9.17, 15) is 9.50 Å². The van der Waals surface area contributed by atoms with Gasteiger partial charge in [0.05, 0.1) is 0 Å². The largest absolute Gasteiger partial charge is 0.508 e. The normalized spacial score (nSPS) is 17.9. The highest BCUT2D eigenvalue weighted by atomic mass is 19.1. The second-order valence-electron chi connectivity index (χ2n) is 4.45. The number of hydrogen-bond donors (Lipinski definition) is 1. The van der Waals surface area contributed by atoms with Gasteiger partial charge in [-0.1, -0.05) is 38.2 Å². The Morgan fingerprint density at radius 2 is 1.93 bits per heavy atom. The summed E-state index contributed by atoms with van der Waals surface area (Å²) in [6.45, 7) is 0. The van der Waals surface area contributed by atoms with Gasteiger partial charge in [-0.3, -0.25) is 0 Å². The molecule has 0 bridgehead atoms.